The maximum atomic E-state index is 12.6. The smallest absolute Gasteiger partial charge is 0.316 e. The average Bonchev–Trinajstić information content (AvgIpc) is 3.06. The predicted octanol–water partition coefficient (Wildman–Crippen LogP) is 2.50. The van der Waals surface area contributed by atoms with Crippen LogP contribution in [-0.2, 0) is 11.3 Å². The van der Waals surface area contributed by atoms with Crippen molar-refractivity contribution in [3.05, 3.63) is 55.0 Å². The molecule has 1 aromatic carbocycles. The first kappa shape index (κ1) is 15.6. The molecular weight excluding hydrogens is 316 g/mol. The normalized spacial score (nSPS) is 15.4. The molecule has 0 atom stereocenters. The van der Waals surface area contributed by atoms with E-state index < -0.39 is 0 Å². The molecule has 1 saturated heterocycles. The van der Waals surface area contributed by atoms with Crippen molar-refractivity contribution in [2.75, 3.05) is 13.1 Å². The lowest BCUT2D eigenvalue weighted by Gasteiger charge is -2.31. The van der Waals surface area contributed by atoms with Gasteiger partial charge in [0.25, 0.3) is 0 Å². The molecule has 0 saturated carbocycles. The van der Waals surface area contributed by atoms with Crippen molar-refractivity contribution in [3.63, 3.8) is 0 Å². The van der Waals surface area contributed by atoms with Crippen LogP contribution in [0.2, 0.25) is 0 Å². The highest BCUT2D eigenvalue weighted by atomic mass is 16.5. The summed E-state index contributed by atoms with van der Waals surface area (Å²) in [4.78, 5) is 22.7. The number of benzene rings is 1. The van der Waals surface area contributed by atoms with Gasteiger partial charge >= 0.3 is 6.01 Å². The Labute approximate surface area is 146 Å². The number of aromatic nitrogens is 3. The van der Waals surface area contributed by atoms with Crippen LogP contribution in [0, 0.1) is 0 Å². The van der Waals surface area contributed by atoms with Crippen LogP contribution in [0.3, 0.4) is 0 Å². The molecule has 128 valence electrons. The van der Waals surface area contributed by atoms with Crippen molar-refractivity contribution in [2.45, 2.75) is 25.5 Å². The van der Waals surface area contributed by atoms with Gasteiger partial charge in [0.05, 0.1) is 0 Å². The van der Waals surface area contributed by atoms with Gasteiger partial charge in [-0.25, -0.2) is 9.97 Å². The van der Waals surface area contributed by atoms with Gasteiger partial charge in [-0.15, -0.1) is 0 Å². The summed E-state index contributed by atoms with van der Waals surface area (Å²) >= 11 is 0. The Balaban J connectivity index is 1.33. The summed E-state index contributed by atoms with van der Waals surface area (Å²) in [6.07, 6.45) is 6.99. The van der Waals surface area contributed by atoms with Gasteiger partial charge in [-0.05, 0) is 23.6 Å². The van der Waals surface area contributed by atoms with E-state index in [1.165, 1.54) is 0 Å². The van der Waals surface area contributed by atoms with E-state index in [9.17, 15) is 4.79 Å². The summed E-state index contributed by atoms with van der Waals surface area (Å²) in [7, 11) is 0. The fraction of sp³-hybridized carbons (Fsp3) is 0.316. The molecule has 3 heterocycles. The number of amides is 1. The molecule has 0 radical (unpaired) electrons. The summed E-state index contributed by atoms with van der Waals surface area (Å²) < 4.78 is 7.79. The number of rotatable bonds is 4. The lowest BCUT2D eigenvalue weighted by molar-refractivity contribution is -0.133. The number of nitrogens with zero attached hydrogens (tertiary/aromatic N) is 4. The van der Waals surface area contributed by atoms with E-state index in [1.807, 2.05) is 39.9 Å². The zero-order valence-electron chi connectivity index (χ0n) is 13.9. The number of carbonyl (C=O) groups is 1. The average molecular weight is 336 g/mol. The first-order chi connectivity index (χ1) is 12.3. The molecule has 0 spiro atoms. The molecule has 1 aliphatic rings. The SMILES string of the molecule is O=C(Cn1ccc2ccccc21)N1CCC(Oc2ncccn2)CC1. The molecule has 25 heavy (non-hydrogen) atoms. The standard InChI is InChI=1S/C19H20N4O2/c24-18(14-23-11-6-15-4-1-2-5-17(15)23)22-12-7-16(8-13-22)25-19-20-9-3-10-21-19/h1-6,9-11,16H,7-8,12-14H2. The first-order valence-electron chi connectivity index (χ1n) is 8.55. The lowest BCUT2D eigenvalue weighted by Crippen LogP contribution is -2.43. The zero-order valence-corrected chi connectivity index (χ0v) is 13.9. The number of piperidine rings is 1. The third-order valence-corrected chi connectivity index (χ3v) is 4.59. The quantitative estimate of drug-likeness (QED) is 0.734. The molecule has 0 unspecified atom stereocenters. The minimum absolute atomic E-state index is 0.0684. The van der Waals surface area contributed by atoms with Gasteiger partial charge in [-0.1, -0.05) is 18.2 Å². The number of carbonyl (C=O) groups excluding carboxylic acids is 1. The maximum absolute atomic E-state index is 12.6. The summed E-state index contributed by atoms with van der Waals surface area (Å²) in [5.74, 6) is 0.149. The summed E-state index contributed by atoms with van der Waals surface area (Å²) in [5, 5.41) is 1.16. The van der Waals surface area contributed by atoms with Crippen LogP contribution in [-0.4, -0.2) is 44.5 Å². The molecule has 4 rings (SSSR count). The van der Waals surface area contributed by atoms with Crippen LogP contribution < -0.4 is 4.74 Å². The van der Waals surface area contributed by atoms with Gasteiger partial charge in [0.1, 0.15) is 12.6 Å². The molecule has 0 N–H and O–H groups in total. The van der Waals surface area contributed by atoms with Crippen LogP contribution >= 0.6 is 0 Å². The van der Waals surface area contributed by atoms with Gasteiger partial charge in [-0.2, -0.15) is 0 Å². The second-order valence-electron chi connectivity index (χ2n) is 6.23. The molecule has 1 fully saturated rings. The first-order valence-corrected chi connectivity index (χ1v) is 8.55. The highest BCUT2D eigenvalue weighted by molar-refractivity contribution is 5.83. The van der Waals surface area contributed by atoms with Gasteiger partial charge in [-0.3, -0.25) is 4.79 Å². The summed E-state index contributed by atoms with van der Waals surface area (Å²) in [5.41, 5.74) is 1.09. The Hall–Kier alpha value is -2.89. The molecule has 2 aromatic heterocycles. The fourth-order valence-corrected chi connectivity index (χ4v) is 3.24. The Bertz CT molecular complexity index is 854. The van der Waals surface area contributed by atoms with Crippen LogP contribution in [0.1, 0.15) is 12.8 Å². The minimum atomic E-state index is 0.0684. The number of para-hydroxylation sites is 1. The number of fused-ring (bicyclic) bond motifs is 1. The Morgan fingerprint density at radius 3 is 2.64 bits per heavy atom. The zero-order chi connectivity index (χ0) is 17.1. The molecule has 1 aliphatic heterocycles. The summed E-state index contributed by atoms with van der Waals surface area (Å²) in [6, 6.07) is 12.3. The largest absolute Gasteiger partial charge is 0.460 e. The van der Waals surface area contributed by atoms with E-state index in [2.05, 4.69) is 16.0 Å². The van der Waals surface area contributed by atoms with Gasteiger partial charge in [0.15, 0.2) is 0 Å². The highest BCUT2D eigenvalue weighted by Gasteiger charge is 2.24. The maximum Gasteiger partial charge on any atom is 0.316 e. The molecule has 0 bridgehead atoms. The Morgan fingerprint density at radius 1 is 1.08 bits per heavy atom. The topological polar surface area (TPSA) is 60.2 Å². The van der Waals surface area contributed by atoms with Crippen molar-refractivity contribution in [3.8, 4) is 6.01 Å². The minimum Gasteiger partial charge on any atom is -0.460 e. The second-order valence-corrected chi connectivity index (χ2v) is 6.23. The summed E-state index contributed by atoms with van der Waals surface area (Å²) in [6.45, 7) is 1.78. The third-order valence-electron chi connectivity index (χ3n) is 4.59. The van der Waals surface area contributed by atoms with Crippen LogP contribution in [0.5, 0.6) is 6.01 Å². The number of likely N-dealkylation sites (tertiary alicyclic amines) is 1. The molecule has 0 aliphatic carbocycles. The highest BCUT2D eigenvalue weighted by Crippen LogP contribution is 2.18. The number of ether oxygens (including phenoxy) is 1. The van der Waals surface area contributed by atoms with Crippen molar-refractivity contribution < 1.29 is 9.53 Å². The monoisotopic (exact) mass is 336 g/mol. The van der Waals surface area contributed by atoms with Gasteiger partial charge < -0.3 is 14.2 Å². The van der Waals surface area contributed by atoms with E-state index in [0.29, 0.717) is 25.6 Å². The Kier molecular flexibility index (Phi) is 4.33. The second kappa shape index (κ2) is 6.93. The van der Waals surface area contributed by atoms with E-state index in [1.54, 1.807) is 18.5 Å². The lowest BCUT2D eigenvalue weighted by atomic mass is 10.1. The van der Waals surface area contributed by atoms with Crippen molar-refractivity contribution in [1.29, 1.82) is 0 Å². The molecule has 6 nitrogen and oxygen atoms in total. The number of hydrogen-bond acceptors (Lipinski definition) is 4. The van der Waals surface area contributed by atoms with E-state index in [-0.39, 0.29) is 12.0 Å². The van der Waals surface area contributed by atoms with Crippen molar-refractivity contribution in [2.24, 2.45) is 0 Å². The molecule has 1 amide bonds. The third kappa shape index (κ3) is 3.47. The number of hydrogen-bond donors (Lipinski definition) is 0. The van der Waals surface area contributed by atoms with Crippen LogP contribution in [0.15, 0.2) is 55.0 Å². The molecule has 3 aromatic rings. The van der Waals surface area contributed by atoms with Crippen LogP contribution in [0.4, 0.5) is 0 Å². The van der Waals surface area contributed by atoms with E-state index in [0.717, 1.165) is 23.7 Å². The fourth-order valence-electron chi connectivity index (χ4n) is 3.24. The van der Waals surface area contributed by atoms with Crippen molar-refractivity contribution in [1.82, 2.24) is 19.4 Å². The van der Waals surface area contributed by atoms with Gasteiger partial charge in [0.2, 0.25) is 5.91 Å². The van der Waals surface area contributed by atoms with E-state index in [4.69, 9.17) is 4.74 Å². The predicted molar refractivity (Wildman–Crippen MR) is 94.2 cm³/mol. The van der Waals surface area contributed by atoms with Gasteiger partial charge in [0, 0.05) is 50.0 Å². The van der Waals surface area contributed by atoms with Crippen LogP contribution in [0.25, 0.3) is 10.9 Å². The van der Waals surface area contributed by atoms with E-state index >= 15 is 0 Å². The molecular formula is C19H20N4O2. The molecule has 6 heteroatoms. The van der Waals surface area contributed by atoms with Crippen molar-refractivity contribution >= 4 is 16.8 Å². The Morgan fingerprint density at radius 2 is 1.84 bits per heavy atom.